The molecule has 0 aliphatic rings. The quantitative estimate of drug-likeness (QED) is 0.741. The fourth-order valence-corrected chi connectivity index (χ4v) is 2.92. The molecule has 1 aromatic carbocycles. The molecular formula is C15H12ClN3O4S. The molecule has 0 unspecified atom stereocenters. The number of nitrogens with zero attached hydrogens (tertiary/aromatic N) is 2. The lowest BCUT2D eigenvalue weighted by Gasteiger charge is -2.09. The molecule has 1 N–H and O–H groups in total. The van der Waals surface area contributed by atoms with Crippen molar-refractivity contribution < 1.29 is 18.7 Å². The summed E-state index contributed by atoms with van der Waals surface area (Å²) in [5.41, 5.74) is 0.317. The van der Waals surface area contributed by atoms with Gasteiger partial charge in [0.05, 0.1) is 29.0 Å². The Labute approximate surface area is 146 Å². The summed E-state index contributed by atoms with van der Waals surface area (Å²) in [5, 5.41) is 10.2. The van der Waals surface area contributed by atoms with E-state index in [1.165, 1.54) is 25.6 Å². The normalized spacial score (nSPS) is 10.5. The van der Waals surface area contributed by atoms with Crippen LogP contribution in [0.3, 0.4) is 0 Å². The Bertz CT molecular complexity index is 877. The van der Waals surface area contributed by atoms with Gasteiger partial charge in [-0.15, -0.1) is 16.4 Å². The molecule has 0 fully saturated rings. The number of rotatable bonds is 5. The number of nitrogens with one attached hydrogen (secondary N) is 1. The number of hydrogen-bond acceptors (Lipinski definition) is 7. The van der Waals surface area contributed by atoms with Crippen molar-refractivity contribution in [2.75, 3.05) is 19.5 Å². The number of amides is 1. The van der Waals surface area contributed by atoms with Crippen molar-refractivity contribution >= 4 is 34.9 Å². The third-order valence-electron chi connectivity index (χ3n) is 3.08. The maximum Gasteiger partial charge on any atom is 0.322 e. The molecule has 124 valence electrons. The van der Waals surface area contributed by atoms with Gasteiger partial charge in [-0.2, -0.15) is 0 Å². The van der Waals surface area contributed by atoms with Crippen LogP contribution < -0.4 is 14.8 Å². The first-order valence-electron chi connectivity index (χ1n) is 6.73. The summed E-state index contributed by atoms with van der Waals surface area (Å²) in [5.74, 6) is 0.799. The van der Waals surface area contributed by atoms with Crippen molar-refractivity contribution in [3.05, 3.63) is 40.2 Å². The zero-order valence-corrected chi connectivity index (χ0v) is 14.3. The third kappa shape index (κ3) is 3.34. The average molecular weight is 366 g/mol. The standard InChI is InChI=1S/C15H12ClN3O4S/c1-21-8-3-4-9(10(7-8)22-2)13(20)17-15-19-18-14(23-15)11-5-6-12(16)24-11/h3-7H,1-2H3,(H,17,19,20). The molecule has 0 saturated heterocycles. The molecule has 3 rings (SSSR count). The summed E-state index contributed by atoms with van der Waals surface area (Å²) < 4.78 is 16.3. The van der Waals surface area contributed by atoms with E-state index in [0.717, 1.165) is 4.88 Å². The average Bonchev–Trinajstić information content (AvgIpc) is 3.23. The van der Waals surface area contributed by atoms with E-state index in [9.17, 15) is 4.79 Å². The predicted octanol–water partition coefficient (Wildman–Crippen LogP) is 3.72. The van der Waals surface area contributed by atoms with Gasteiger partial charge in [-0.05, 0) is 24.3 Å². The van der Waals surface area contributed by atoms with Gasteiger partial charge in [0.15, 0.2) is 0 Å². The zero-order valence-electron chi connectivity index (χ0n) is 12.7. The first-order valence-corrected chi connectivity index (χ1v) is 7.92. The number of hydrogen-bond donors (Lipinski definition) is 1. The van der Waals surface area contributed by atoms with Gasteiger partial charge in [0.25, 0.3) is 11.8 Å². The second-order valence-electron chi connectivity index (χ2n) is 4.54. The molecule has 0 spiro atoms. The highest BCUT2D eigenvalue weighted by Crippen LogP contribution is 2.31. The highest BCUT2D eigenvalue weighted by molar-refractivity contribution is 7.19. The van der Waals surface area contributed by atoms with Crippen LogP contribution in [0, 0.1) is 0 Å². The van der Waals surface area contributed by atoms with Crippen LogP contribution in [0.25, 0.3) is 10.8 Å². The molecule has 0 atom stereocenters. The zero-order chi connectivity index (χ0) is 17.1. The molecule has 24 heavy (non-hydrogen) atoms. The Morgan fingerprint density at radius 2 is 2.04 bits per heavy atom. The van der Waals surface area contributed by atoms with Crippen molar-refractivity contribution in [2.45, 2.75) is 0 Å². The SMILES string of the molecule is COc1ccc(C(=O)Nc2nnc(-c3ccc(Cl)s3)o2)c(OC)c1. The van der Waals surface area contributed by atoms with Gasteiger partial charge in [0, 0.05) is 6.07 Å². The van der Waals surface area contributed by atoms with E-state index in [1.54, 1.807) is 30.3 Å². The molecule has 7 nitrogen and oxygen atoms in total. The van der Waals surface area contributed by atoms with Crippen LogP contribution in [0.15, 0.2) is 34.7 Å². The lowest BCUT2D eigenvalue weighted by atomic mass is 10.2. The smallest absolute Gasteiger partial charge is 0.322 e. The number of halogens is 1. The Morgan fingerprint density at radius 1 is 1.21 bits per heavy atom. The summed E-state index contributed by atoms with van der Waals surface area (Å²) in [4.78, 5) is 13.1. The van der Waals surface area contributed by atoms with Gasteiger partial charge in [0.2, 0.25) is 0 Å². The van der Waals surface area contributed by atoms with E-state index in [-0.39, 0.29) is 11.9 Å². The van der Waals surface area contributed by atoms with Crippen LogP contribution in [-0.2, 0) is 0 Å². The molecule has 0 saturated carbocycles. The number of carbonyl (C=O) groups is 1. The second-order valence-corrected chi connectivity index (χ2v) is 6.25. The summed E-state index contributed by atoms with van der Waals surface area (Å²) in [6.45, 7) is 0. The fraction of sp³-hybridized carbons (Fsp3) is 0.133. The minimum absolute atomic E-state index is 0.0163. The Kier molecular flexibility index (Phi) is 4.68. The second kappa shape index (κ2) is 6.90. The van der Waals surface area contributed by atoms with E-state index in [2.05, 4.69) is 15.5 Å². The van der Waals surface area contributed by atoms with Crippen molar-refractivity contribution in [1.29, 1.82) is 0 Å². The summed E-state index contributed by atoms with van der Waals surface area (Å²) in [6.07, 6.45) is 0. The topological polar surface area (TPSA) is 86.5 Å². The number of thiophene rings is 1. The number of methoxy groups -OCH3 is 2. The summed E-state index contributed by atoms with van der Waals surface area (Å²) in [7, 11) is 3.00. The maximum atomic E-state index is 12.4. The van der Waals surface area contributed by atoms with Crippen LogP contribution in [0.1, 0.15) is 10.4 Å². The largest absolute Gasteiger partial charge is 0.497 e. The maximum absolute atomic E-state index is 12.4. The van der Waals surface area contributed by atoms with Crippen LogP contribution in [0.4, 0.5) is 6.01 Å². The van der Waals surface area contributed by atoms with Gasteiger partial charge in [-0.25, -0.2) is 0 Å². The highest BCUT2D eigenvalue weighted by atomic mass is 35.5. The van der Waals surface area contributed by atoms with Gasteiger partial charge in [-0.3, -0.25) is 10.1 Å². The molecule has 2 aromatic heterocycles. The lowest BCUT2D eigenvalue weighted by molar-refractivity contribution is 0.102. The van der Waals surface area contributed by atoms with Crippen LogP contribution in [0.5, 0.6) is 11.5 Å². The predicted molar refractivity (Wildman–Crippen MR) is 90.1 cm³/mol. The van der Waals surface area contributed by atoms with Crippen molar-refractivity contribution in [1.82, 2.24) is 10.2 Å². The molecular weight excluding hydrogens is 354 g/mol. The van der Waals surface area contributed by atoms with E-state index in [1.807, 2.05) is 0 Å². The van der Waals surface area contributed by atoms with Gasteiger partial charge >= 0.3 is 6.01 Å². The fourth-order valence-electron chi connectivity index (χ4n) is 1.95. The molecule has 2 heterocycles. The van der Waals surface area contributed by atoms with Crippen LogP contribution in [0.2, 0.25) is 4.34 Å². The van der Waals surface area contributed by atoms with Crippen LogP contribution in [-0.4, -0.2) is 30.3 Å². The van der Waals surface area contributed by atoms with E-state index in [4.69, 9.17) is 25.5 Å². The number of ether oxygens (including phenoxy) is 2. The van der Waals surface area contributed by atoms with Crippen LogP contribution >= 0.6 is 22.9 Å². The van der Waals surface area contributed by atoms with Crippen molar-refractivity contribution in [3.8, 4) is 22.3 Å². The van der Waals surface area contributed by atoms with Crippen molar-refractivity contribution in [2.24, 2.45) is 0 Å². The summed E-state index contributed by atoms with van der Waals surface area (Å²) in [6, 6.07) is 8.33. The molecule has 3 aromatic rings. The lowest BCUT2D eigenvalue weighted by Crippen LogP contribution is -2.13. The molecule has 1 amide bonds. The monoisotopic (exact) mass is 365 g/mol. The van der Waals surface area contributed by atoms with Crippen molar-refractivity contribution in [3.63, 3.8) is 0 Å². The molecule has 0 radical (unpaired) electrons. The Hall–Kier alpha value is -2.58. The van der Waals surface area contributed by atoms with Gasteiger partial charge in [0.1, 0.15) is 11.5 Å². The first-order chi connectivity index (χ1) is 11.6. The first kappa shape index (κ1) is 16.3. The van der Waals surface area contributed by atoms with E-state index in [0.29, 0.717) is 21.4 Å². The van der Waals surface area contributed by atoms with E-state index >= 15 is 0 Å². The molecule has 0 bridgehead atoms. The number of benzene rings is 1. The highest BCUT2D eigenvalue weighted by Gasteiger charge is 2.17. The van der Waals surface area contributed by atoms with Gasteiger partial charge < -0.3 is 13.9 Å². The number of carbonyl (C=O) groups excluding carboxylic acids is 1. The van der Waals surface area contributed by atoms with E-state index < -0.39 is 5.91 Å². The number of anilines is 1. The Balaban J connectivity index is 1.79. The third-order valence-corrected chi connectivity index (χ3v) is 4.30. The summed E-state index contributed by atoms with van der Waals surface area (Å²) >= 11 is 7.18. The molecule has 0 aliphatic carbocycles. The molecule has 0 aliphatic heterocycles. The minimum atomic E-state index is -0.436. The van der Waals surface area contributed by atoms with Gasteiger partial charge in [-0.1, -0.05) is 16.7 Å². The Morgan fingerprint density at radius 3 is 2.71 bits per heavy atom. The minimum Gasteiger partial charge on any atom is -0.497 e. The molecule has 9 heteroatoms. The number of aromatic nitrogens is 2.